The molecule has 0 bridgehead atoms. The van der Waals surface area contributed by atoms with E-state index in [1.807, 2.05) is 24.3 Å². The molecule has 1 saturated heterocycles. The molecular formula is C18H25N5O2. The van der Waals surface area contributed by atoms with Crippen molar-refractivity contribution in [2.24, 2.45) is 0 Å². The van der Waals surface area contributed by atoms with Crippen molar-refractivity contribution in [3.05, 3.63) is 48.0 Å². The number of benzene rings is 1. The van der Waals surface area contributed by atoms with E-state index < -0.39 is 0 Å². The monoisotopic (exact) mass is 343 g/mol. The predicted molar refractivity (Wildman–Crippen MR) is 94.3 cm³/mol. The number of rotatable bonds is 6. The molecule has 0 radical (unpaired) electrons. The highest BCUT2D eigenvalue weighted by Crippen LogP contribution is 2.11. The normalized spacial score (nSPS) is 21.2. The van der Waals surface area contributed by atoms with E-state index in [1.165, 1.54) is 6.33 Å². The van der Waals surface area contributed by atoms with E-state index in [0.717, 1.165) is 25.2 Å². The number of ether oxygens (including phenoxy) is 1. The minimum absolute atomic E-state index is 0.0509. The van der Waals surface area contributed by atoms with Crippen molar-refractivity contribution in [1.29, 1.82) is 0 Å². The van der Waals surface area contributed by atoms with Gasteiger partial charge in [-0.2, -0.15) is 5.10 Å². The van der Waals surface area contributed by atoms with Gasteiger partial charge in [0.05, 0.1) is 18.8 Å². The first-order valence-electron chi connectivity index (χ1n) is 8.68. The van der Waals surface area contributed by atoms with Gasteiger partial charge < -0.3 is 10.1 Å². The highest BCUT2D eigenvalue weighted by atomic mass is 16.5. The molecule has 7 nitrogen and oxygen atoms in total. The van der Waals surface area contributed by atoms with Crippen LogP contribution in [0, 0.1) is 0 Å². The highest BCUT2D eigenvalue weighted by molar-refractivity contribution is 5.95. The third-order valence-corrected chi connectivity index (χ3v) is 4.27. The van der Waals surface area contributed by atoms with Crippen LogP contribution in [0.2, 0.25) is 0 Å². The number of carbonyl (C=O) groups is 1. The van der Waals surface area contributed by atoms with Gasteiger partial charge in [0.25, 0.3) is 5.91 Å². The third kappa shape index (κ3) is 4.87. The molecule has 0 saturated carbocycles. The quantitative estimate of drug-likeness (QED) is 0.852. The first kappa shape index (κ1) is 17.6. The maximum Gasteiger partial charge on any atom is 0.251 e. The molecule has 2 aromatic rings. The summed E-state index contributed by atoms with van der Waals surface area (Å²) >= 11 is 0. The molecule has 0 spiro atoms. The molecule has 2 heterocycles. The zero-order valence-corrected chi connectivity index (χ0v) is 14.8. The van der Waals surface area contributed by atoms with Crippen molar-refractivity contribution in [3.8, 4) is 0 Å². The Morgan fingerprint density at radius 1 is 1.28 bits per heavy atom. The Bertz CT molecular complexity index is 679. The van der Waals surface area contributed by atoms with Crippen LogP contribution in [0.1, 0.15) is 29.8 Å². The van der Waals surface area contributed by atoms with E-state index in [-0.39, 0.29) is 18.1 Å². The third-order valence-electron chi connectivity index (χ3n) is 4.27. The molecule has 0 aliphatic carbocycles. The van der Waals surface area contributed by atoms with E-state index in [9.17, 15) is 4.79 Å². The van der Waals surface area contributed by atoms with Crippen LogP contribution in [-0.2, 0) is 11.3 Å². The minimum atomic E-state index is -0.0509. The lowest BCUT2D eigenvalue weighted by atomic mass is 10.1. The maximum atomic E-state index is 12.6. The fourth-order valence-electron chi connectivity index (χ4n) is 3.26. The summed E-state index contributed by atoms with van der Waals surface area (Å²) in [5.74, 6) is -0.0509. The second kappa shape index (κ2) is 8.22. The number of hydrogen-bond donors (Lipinski definition) is 1. The smallest absolute Gasteiger partial charge is 0.251 e. The molecule has 3 rings (SSSR count). The molecule has 1 amide bonds. The van der Waals surface area contributed by atoms with Crippen molar-refractivity contribution < 1.29 is 9.53 Å². The molecule has 1 N–H and O–H groups in total. The molecule has 0 unspecified atom stereocenters. The predicted octanol–water partition coefficient (Wildman–Crippen LogP) is 1.17. The number of carbonyl (C=O) groups excluding carboxylic acids is 1. The van der Waals surface area contributed by atoms with Crippen molar-refractivity contribution in [2.75, 3.05) is 26.2 Å². The fraction of sp³-hybridized carbons (Fsp3) is 0.500. The number of amides is 1. The average molecular weight is 343 g/mol. The summed E-state index contributed by atoms with van der Waals surface area (Å²) in [5.41, 5.74) is 1.61. The molecule has 1 aromatic carbocycles. The first-order chi connectivity index (χ1) is 12.1. The molecule has 1 aliphatic rings. The van der Waals surface area contributed by atoms with Crippen LogP contribution in [0.15, 0.2) is 36.9 Å². The van der Waals surface area contributed by atoms with Crippen LogP contribution in [0.5, 0.6) is 0 Å². The first-order valence-corrected chi connectivity index (χ1v) is 8.68. The van der Waals surface area contributed by atoms with Gasteiger partial charge in [-0.1, -0.05) is 18.2 Å². The van der Waals surface area contributed by atoms with Crippen molar-refractivity contribution >= 4 is 5.91 Å². The van der Waals surface area contributed by atoms with Crippen LogP contribution in [-0.4, -0.2) is 64.0 Å². The molecule has 134 valence electrons. The Balaban J connectivity index is 1.55. The summed E-state index contributed by atoms with van der Waals surface area (Å²) in [5, 5.41) is 7.13. The second-order valence-corrected chi connectivity index (χ2v) is 6.52. The van der Waals surface area contributed by atoms with Gasteiger partial charge in [0.15, 0.2) is 0 Å². The maximum absolute atomic E-state index is 12.6. The number of nitrogens with one attached hydrogen (secondary N) is 1. The minimum Gasteiger partial charge on any atom is -0.373 e. The molecule has 1 fully saturated rings. The van der Waals surface area contributed by atoms with Gasteiger partial charge in [0, 0.05) is 31.7 Å². The van der Waals surface area contributed by atoms with Crippen LogP contribution in [0.3, 0.4) is 0 Å². The number of aromatic nitrogens is 3. The lowest BCUT2D eigenvalue weighted by Crippen LogP contribution is -2.47. The van der Waals surface area contributed by atoms with E-state index in [1.54, 1.807) is 11.0 Å². The Labute approximate surface area is 148 Å². The summed E-state index contributed by atoms with van der Waals surface area (Å²) in [6, 6.07) is 7.60. The van der Waals surface area contributed by atoms with E-state index in [4.69, 9.17) is 4.74 Å². The SMILES string of the molecule is C[C@H]1CN(CCNC(=O)c2ccccc2Cn2cncn2)C[C@H](C)O1. The zero-order valence-electron chi connectivity index (χ0n) is 14.8. The van der Waals surface area contributed by atoms with E-state index >= 15 is 0 Å². The van der Waals surface area contributed by atoms with E-state index in [0.29, 0.717) is 18.7 Å². The number of morpholine rings is 1. The van der Waals surface area contributed by atoms with E-state index in [2.05, 4.69) is 34.1 Å². The van der Waals surface area contributed by atoms with Gasteiger partial charge >= 0.3 is 0 Å². The molecule has 7 heteroatoms. The summed E-state index contributed by atoms with van der Waals surface area (Å²) in [6.45, 7) is 7.96. The van der Waals surface area contributed by atoms with Gasteiger partial charge in [-0.15, -0.1) is 0 Å². The largest absolute Gasteiger partial charge is 0.373 e. The highest BCUT2D eigenvalue weighted by Gasteiger charge is 2.21. The second-order valence-electron chi connectivity index (χ2n) is 6.52. The van der Waals surface area contributed by atoms with Crippen LogP contribution in [0.4, 0.5) is 0 Å². The summed E-state index contributed by atoms with van der Waals surface area (Å²) in [6.07, 6.45) is 3.62. The van der Waals surface area contributed by atoms with Gasteiger partial charge in [0.2, 0.25) is 0 Å². The van der Waals surface area contributed by atoms with Crippen LogP contribution >= 0.6 is 0 Å². The molecule has 1 aliphatic heterocycles. The summed E-state index contributed by atoms with van der Waals surface area (Å²) in [4.78, 5) is 18.8. The zero-order chi connectivity index (χ0) is 17.6. The Morgan fingerprint density at radius 2 is 2.04 bits per heavy atom. The lowest BCUT2D eigenvalue weighted by molar-refractivity contribution is -0.0672. The van der Waals surface area contributed by atoms with Crippen molar-refractivity contribution in [2.45, 2.75) is 32.6 Å². The van der Waals surface area contributed by atoms with Gasteiger partial charge in [-0.05, 0) is 25.5 Å². The topological polar surface area (TPSA) is 72.3 Å². The van der Waals surface area contributed by atoms with Crippen molar-refractivity contribution in [1.82, 2.24) is 25.0 Å². The summed E-state index contributed by atoms with van der Waals surface area (Å²) in [7, 11) is 0. The Kier molecular flexibility index (Phi) is 5.78. The fourth-order valence-corrected chi connectivity index (χ4v) is 3.26. The molecule has 25 heavy (non-hydrogen) atoms. The molecule has 2 atom stereocenters. The van der Waals surface area contributed by atoms with Gasteiger partial charge in [-0.3, -0.25) is 9.69 Å². The van der Waals surface area contributed by atoms with Gasteiger partial charge in [-0.25, -0.2) is 9.67 Å². The van der Waals surface area contributed by atoms with Gasteiger partial charge in [0.1, 0.15) is 12.7 Å². The number of hydrogen-bond acceptors (Lipinski definition) is 5. The molecule has 1 aromatic heterocycles. The van der Waals surface area contributed by atoms with Crippen molar-refractivity contribution in [3.63, 3.8) is 0 Å². The Morgan fingerprint density at radius 3 is 2.76 bits per heavy atom. The Hall–Kier alpha value is -2.25. The van der Waals surface area contributed by atoms with Crippen LogP contribution in [0.25, 0.3) is 0 Å². The average Bonchev–Trinajstić information content (AvgIpc) is 3.07. The summed E-state index contributed by atoms with van der Waals surface area (Å²) < 4.78 is 7.45. The number of nitrogens with zero attached hydrogens (tertiary/aromatic N) is 4. The lowest BCUT2D eigenvalue weighted by Gasteiger charge is -2.35. The molecular weight excluding hydrogens is 318 g/mol. The standard InChI is InChI=1S/C18H25N5O2/c1-14-9-22(10-15(2)25-14)8-7-20-18(24)17-6-4-3-5-16(17)11-23-13-19-12-21-23/h3-6,12-15H,7-11H2,1-2H3,(H,20,24)/t14-,15-/m0/s1. The van der Waals surface area contributed by atoms with Crippen LogP contribution < -0.4 is 5.32 Å².